The molecule has 2 heterocycles. The quantitative estimate of drug-likeness (QED) is 0.602. The number of rotatable bonds is 5. The number of hydrogen-bond donors (Lipinski definition) is 0. The van der Waals surface area contributed by atoms with Gasteiger partial charge in [-0.15, -0.1) is 0 Å². The monoisotopic (exact) mass is 356 g/mol. The molecule has 4 rings (SSSR count). The van der Waals surface area contributed by atoms with Gasteiger partial charge in [0.1, 0.15) is 0 Å². The fraction of sp³-hybridized carbons (Fsp3) is 0.211. The number of benzene rings is 2. The summed E-state index contributed by atoms with van der Waals surface area (Å²) in [5.74, 6) is 2.95. The third kappa shape index (κ3) is 2.67. The van der Waals surface area contributed by atoms with Gasteiger partial charge in [0, 0.05) is 11.1 Å². The maximum atomic E-state index is 12.5. The highest BCUT2D eigenvalue weighted by molar-refractivity contribution is 6.07. The molecule has 2 aliphatic heterocycles. The summed E-state index contributed by atoms with van der Waals surface area (Å²) in [6.07, 6.45) is 3.10. The first-order chi connectivity index (χ1) is 12.7. The predicted octanol–water partition coefficient (Wildman–Crippen LogP) is 3.06. The Balaban J connectivity index is 1.65. The molecule has 0 fully saturated rings. The fourth-order valence-electron chi connectivity index (χ4n) is 2.83. The molecule has 0 aromatic heterocycles. The van der Waals surface area contributed by atoms with Crippen LogP contribution in [0.2, 0.25) is 0 Å². The van der Waals surface area contributed by atoms with Crippen molar-refractivity contribution < 1.29 is 33.2 Å². The van der Waals surface area contributed by atoms with Crippen LogP contribution in [0.4, 0.5) is 0 Å². The molecule has 0 saturated heterocycles. The van der Waals surface area contributed by atoms with Crippen molar-refractivity contribution >= 4 is 11.9 Å². The molecule has 134 valence electrons. The molecule has 2 aromatic carbocycles. The van der Waals surface area contributed by atoms with Crippen molar-refractivity contribution in [3.8, 4) is 34.5 Å². The highest BCUT2D eigenvalue weighted by Crippen LogP contribution is 2.49. The number of allylic oxidation sites excluding steroid dienone is 1. The number of methoxy groups -OCH3 is 2. The van der Waals surface area contributed by atoms with E-state index in [9.17, 15) is 4.79 Å². The van der Waals surface area contributed by atoms with Crippen molar-refractivity contribution in [3.63, 3.8) is 0 Å². The summed E-state index contributed by atoms with van der Waals surface area (Å²) >= 11 is 0. The van der Waals surface area contributed by atoms with Gasteiger partial charge in [-0.1, -0.05) is 0 Å². The Hall–Kier alpha value is -3.35. The Kier molecular flexibility index (Phi) is 4.04. The van der Waals surface area contributed by atoms with Gasteiger partial charge in [0.15, 0.2) is 28.8 Å². The van der Waals surface area contributed by atoms with E-state index in [4.69, 9.17) is 28.4 Å². The highest BCUT2D eigenvalue weighted by atomic mass is 16.7. The number of hydrogen-bond acceptors (Lipinski definition) is 7. The third-order valence-corrected chi connectivity index (χ3v) is 4.09. The normalized spacial score (nSPS) is 13.9. The van der Waals surface area contributed by atoms with Gasteiger partial charge in [-0.05, 0) is 36.4 Å². The van der Waals surface area contributed by atoms with Crippen molar-refractivity contribution in [2.45, 2.75) is 0 Å². The molecule has 0 atom stereocenters. The van der Waals surface area contributed by atoms with Crippen molar-refractivity contribution in [2.75, 3.05) is 27.8 Å². The molecule has 0 N–H and O–H groups in total. The molecular formula is C19H16O7. The predicted molar refractivity (Wildman–Crippen MR) is 91.6 cm³/mol. The van der Waals surface area contributed by atoms with Gasteiger partial charge >= 0.3 is 0 Å². The van der Waals surface area contributed by atoms with Crippen LogP contribution in [0.3, 0.4) is 0 Å². The van der Waals surface area contributed by atoms with Crippen molar-refractivity contribution in [1.29, 1.82) is 0 Å². The van der Waals surface area contributed by atoms with E-state index in [1.165, 1.54) is 20.3 Å². The second kappa shape index (κ2) is 6.51. The minimum absolute atomic E-state index is 0.0886. The van der Waals surface area contributed by atoms with E-state index in [1.54, 1.807) is 30.3 Å². The van der Waals surface area contributed by atoms with E-state index in [-0.39, 0.29) is 19.4 Å². The summed E-state index contributed by atoms with van der Waals surface area (Å²) in [7, 11) is 3.07. The minimum Gasteiger partial charge on any atom is -0.493 e. The lowest BCUT2D eigenvalue weighted by atomic mass is 10.1. The topological polar surface area (TPSA) is 72.5 Å². The number of fused-ring (bicyclic) bond motifs is 2. The molecule has 2 aromatic rings. The van der Waals surface area contributed by atoms with E-state index in [1.807, 2.05) is 0 Å². The first-order valence-corrected chi connectivity index (χ1v) is 7.88. The van der Waals surface area contributed by atoms with E-state index in [2.05, 4.69) is 0 Å². The summed E-state index contributed by atoms with van der Waals surface area (Å²) < 4.78 is 32.2. The zero-order valence-electron chi connectivity index (χ0n) is 14.2. The summed E-state index contributed by atoms with van der Waals surface area (Å²) in [6, 6.07) is 6.80. The van der Waals surface area contributed by atoms with E-state index < -0.39 is 0 Å². The zero-order chi connectivity index (χ0) is 18.1. The lowest BCUT2D eigenvalue weighted by molar-refractivity contribution is 0.104. The van der Waals surface area contributed by atoms with Crippen LogP contribution in [0.1, 0.15) is 15.9 Å². The van der Waals surface area contributed by atoms with Crippen LogP contribution in [0.25, 0.3) is 6.08 Å². The Morgan fingerprint density at radius 2 is 1.73 bits per heavy atom. The van der Waals surface area contributed by atoms with Gasteiger partial charge in [-0.2, -0.15) is 0 Å². The molecule has 0 aliphatic carbocycles. The molecule has 0 amide bonds. The zero-order valence-corrected chi connectivity index (χ0v) is 14.2. The van der Waals surface area contributed by atoms with Crippen LogP contribution in [0.5, 0.6) is 34.5 Å². The summed E-state index contributed by atoms with van der Waals surface area (Å²) in [6.45, 7) is 0.252. The molecule has 0 unspecified atom stereocenters. The van der Waals surface area contributed by atoms with E-state index in [0.29, 0.717) is 45.6 Å². The highest BCUT2D eigenvalue weighted by Gasteiger charge is 2.26. The second-order valence-corrected chi connectivity index (χ2v) is 5.53. The average molecular weight is 356 g/mol. The van der Waals surface area contributed by atoms with Crippen LogP contribution < -0.4 is 28.4 Å². The largest absolute Gasteiger partial charge is 0.493 e. The maximum Gasteiger partial charge on any atom is 0.231 e. The molecule has 0 saturated carbocycles. The van der Waals surface area contributed by atoms with Gasteiger partial charge in [0.25, 0.3) is 0 Å². The first kappa shape index (κ1) is 16.1. The summed E-state index contributed by atoms with van der Waals surface area (Å²) in [4.78, 5) is 12.5. The Bertz CT molecular complexity index is 901. The SMILES string of the molecule is COc1cc(/C=C/C(=O)c2ccc3c(c2)OCO3)c(OC)c2c1OCO2. The first-order valence-electron chi connectivity index (χ1n) is 7.88. The van der Waals surface area contributed by atoms with Crippen molar-refractivity contribution in [2.24, 2.45) is 0 Å². The molecule has 7 nitrogen and oxygen atoms in total. The fourth-order valence-corrected chi connectivity index (χ4v) is 2.83. The van der Waals surface area contributed by atoms with Gasteiger partial charge in [0.05, 0.1) is 14.2 Å². The lowest BCUT2D eigenvalue weighted by Gasteiger charge is -2.11. The van der Waals surface area contributed by atoms with E-state index >= 15 is 0 Å². The summed E-state index contributed by atoms with van der Waals surface area (Å²) in [5.41, 5.74) is 1.14. The van der Waals surface area contributed by atoms with Crippen LogP contribution in [0, 0.1) is 0 Å². The Morgan fingerprint density at radius 1 is 0.962 bits per heavy atom. The van der Waals surface area contributed by atoms with Crippen molar-refractivity contribution in [3.05, 3.63) is 41.5 Å². The van der Waals surface area contributed by atoms with Crippen molar-refractivity contribution in [1.82, 2.24) is 0 Å². The van der Waals surface area contributed by atoms with Crippen LogP contribution >= 0.6 is 0 Å². The van der Waals surface area contributed by atoms with Gasteiger partial charge in [-0.3, -0.25) is 4.79 Å². The second-order valence-electron chi connectivity index (χ2n) is 5.53. The Morgan fingerprint density at radius 3 is 2.54 bits per heavy atom. The number of ether oxygens (including phenoxy) is 6. The number of ketones is 1. The molecule has 0 spiro atoms. The molecule has 26 heavy (non-hydrogen) atoms. The van der Waals surface area contributed by atoms with E-state index in [0.717, 1.165) is 0 Å². The number of carbonyl (C=O) groups excluding carboxylic acids is 1. The lowest BCUT2D eigenvalue weighted by Crippen LogP contribution is -1.96. The van der Waals surface area contributed by atoms with Gasteiger partial charge < -0.3 is 28.4 Å². The molecular weight excluding hydrogens is 340 g/mol. The third-order valence-electron chi connectivity index (χ3n) is 4.09. The molecule has 0 radical (unpaired) electrons. The maximum absolute atomic E-state index is 12.5. The van der Waals surface area contributed by atoms with Crippen LogP contribution in [-0.4, -0.2) is 33.6 Å². The minimum atomic E-state index is -0.179. The van der Waals surface area contributed by atoms with Crippen LogP contribution in [0.15, 0.2) is 30.3 Å². The van der Waals surface area contributed by atoms with Gasteiger partial charge in [-0.25, -0.2) is 0 Å². The molecule has 7 heteroatoms. The number of carbonyl (C=O) groups is 1. The standard InChI is InChI=1S/C19H16O7/c1-21-16-8-12(17(22-2)19-18(16)25-10-26-19)3-5-13(20)11-4-6-14-15(7-11)24-9-23-14/h3-8H,9-10H2,1-2H3/b5-3+. The van der Waals surface area contributed by atoms with Crippen LogP contribution in [-0.2, 0) is 0 Å². The van der Waals surface area contributed by atoms with Gasteiger partial charge in [0.2, 0.25) is 25.1 Å². The average Bonchev–Trinajstić information content (AvgIpc) is 3.33. The Labute approximate surface area is 149 Å². The summed E-state index contributed by atoms with van der Waals surface area (Å²) in [5, 5.41) is 0. The molecule has 2 aliphatic rings. The smallest absolute Gasteiger partial charge is 0.231 e. The molecule has 0 bridgehead atoms.